The summed E-state index contributed by atoms with van der Waals surface area (Å²) >= 11 is 0. The summed E-state index contributed by atoms with van der Waals surface area (Å²) in [6.45, 7) is 3.95. The Hall–Kier alpha value is -2.04. The predicted molar refractivity (Wildman–Crippen MR) is 72.9 cm³/mol. The zero-order valence-electron chi connectivity index (χ0n) is 11.9. The number of phenolic OH excluding ortho intramolecular Hbond substituents is 1. The maximum Gasteiger partial charge on any atom is 0.325 e. The van der Waals surface area contributed by atoms with Crippen molar-refractivity contribution in [3.63, 3.8) is 0 Å². The monoisotopic (exact) mass is 277 g/mol. The maximum atomic E-state index is 12.2. The van der Waals surface area contributed by atoms with Gasteiger partial charge in [-0.1, -0.05) is 26.0 Å². The summed E-state index contributed by atoms with van der Waals surface area (Å²) in [5.74, 6) is -0.216. The summed E-state index contributed by atoms with van der Waals surface area (Å²) in [5.41, 5.74) is 0.921. The molecular formula is C15H19NO4. The lowest BCUT2D eigenvalue weighted by Gasteiger charge is -2.48. The molecule has 5 heteroatoms. The fourth-order valence-electron chi connectivity index (χ4n) is 2.66. The molecule has 0 bridgehead atoms. The van der Waals surface area contributed by atoms with Gasteiger partial charge in [0.25, 0.3) is 0 Å². The van der Waals surface area contributed by atoms with Gasteiger partial charge in [0.05, 0.1) is 19.1 Å². The van der Waals surface area contributed by atoms with E-state index in [1.54, 1.807) is 24.3 Å². The van der Waals surface area contributed by atoms with Crippen molar-refractivity contribution in [3.05, 3.63) is 29.8 Å². The Morgan fingerprint density at radius 2 is 1.95 bits per heavy atom. The summed E-state index contributed by atoms with van der Waals surface area (Å²) in [6.07, 6.45) is 0. The van der Waals surface area contributed by atoms with Crippen LogP contribution < -0.4 is 0 Å². The van der Waals surface area contributed by atoms with Crippen LogP contribution in [0.3, 0.4) is 0 Å². The van der Waals surface area contributed by atoms with Crippen LogP contribution in [0.15, 0.2) is 24.3 Å². The van der Waals surface area contributed by atoms with E-state index < -0.39 is 5.97 Å². The van der Waals surface area contributed by atoms with Crippen molar-refractivity contribution >= 4 is 11.9 Å². The van der Waals surface area contributed by atoms with Crippen molar-refractivity contribution in [1.82, 2.24) is 4.90 Å². The highest BCUT2D eigenvalue weighted by molar-refractivity contribution is 5.90. The van der Waals surface area contributed by atoms with Gasteiger partial charge < -0.3 is 14.7 Å². The number of amides is 1. The molecule has 0 aliphatic carbocycles. The van der Waals surface area contributed by atoms with Gasteiger partial charge in [-0.3, -0.25) is 9.59 Å². The van der Waals surface area contributed by atoms with E-state index in [1.807, 2.05) is 13.8 Å². The predicted octanol–water partition coefficient (Wildman–Crippen LogP) is 1.72. The first-order valence-electron chi connectivity index (χ1n) is 6.62. The van der Waals surface area contributed by atoms with Crippen LogP contribution in [0.5, 0.6) is 5.75 Å². The molecule has 0 spiro atoms. The highest BCUT2D eigenvalue weighted by Crippen LogP contribution is 2.44. The standard InChI is InChI=1S/C15H19NO4/c1-9(2)13-14(10-4-6-11(17)7-5-10)16(15(13)19)8-12(18)20-3/h4-7,9,13-14,17H,8H2,1-3H3. The fourth-order valence-corrected chi connectivity index (χ4v) is 2.66. The van der Waals surface area contributed by atoms with Gasteiger partial charge in [-0.15, -0.1) is 0 Å². The largest absolute Gasteiger partial charge is 0.508 e. The molecule has 1 heterocycles. The Morgan fingerprint density at radius 1 is 1.35 bits per heavy atom. The average molecular weight is 277 g/mol. The normalized spacial score (nSPS) is 21.8. The van der Waals surface area contributed by atoms with Crippen LogP contribution in [0.25, 0.3) is 0 Å². The number of likely N-dealkylation sites (tertiary alicyclic amines) is 1. The first kappa shape index (κ1) is 14.4. The Labute approximate surface area is 118 Å². The van der Waals surface area contributed by atoms with Gasteiger partial charge in [0.2, 0.25) is 5.91 Å². The number of rotatable bonds is 4. The van der Waals surface area contributed by atoms with Crippen molar-refractivity contribution in [2.75, 3.05) is 13.7 Å². The third-order valence-corrected chi connectivity index (χ3v) is 3.72. The Balaban J connectivity index is 2.26. The quantitative estimate of drug-likeness (QED) is 0.672. The fraction of sp³-hybridized carbons (Fsp3) is 0.467. The molecular weight excluding hydrogens is 258 g/mol. The van der Waals surface area contributed by atoms with Gasteiger partial charge >= 0.3 is 5.97 Å². The van der Waals surface area contributed by atoms with Crippen molar-refractivity contribution in [1.29, 1.82) is 0 Å². The van der Waals surface area contributed by atoms with Crippen LogP contribution in [0.2, 0.25) is 0 Å². The molecule has 2 atom stereocenters. The zero-order chi connectivity index (χ0) is 14.9. The second-order valence-electron chi connectivity index (χ2n) is 5.35. The van der Waals surface area contributed by atoms with Crippen LogP contribution in [-0.2, 0) is 14.3 Å². The summed E-state index contributed by atoms with van der Waals surface area (Å²) in [5, 5.41) is 9.35. The van der Waals surface area contributed by atoms with E-state index in [-0.39, 0.29) is 36.1 Å². The number of nitrogens with zero attached hydrogens (tertiary/aromatic N) is 1. The number of methoxy groups -OCH3 is 1. The number of hydrogen-bond acceptors (Lipinski definition) is 4. The molecule has 1 aromatic rings. The summed E-state index contributed by atoms with van der Waals surface area (Å²) in [7, 11) is 1.31. The molecule has 5 nitrogen and oxygen atoms in total. The van der Waals surface area contributed by atoms with Gasteiger partial charge in [0.15, 0.2) is 0 Å². The molecule has 0 aromatic heterocycles. The number of benzene rings is 1. The molecule has 1 saturated heterocycles. The number of phenols is 1. The molecule has 2 rings (SSSR count). The number of carbonyl (C=O) groups is 2. The molecule has 1 aliphatic heterocycles. The maximum absolute atomic E-state index is 12.2. The Kier molecular flexibility index (Phi) is 3.97. The second kappa shape index (κ2) is 5.53. The molecule has 1 N–H and O–H groups in total. The van der Waals surface area contributed by atoms with Gasteiger partial charge in [0, 0.05) is 0 Å². The lowest BCUT2D eigenvalue weighted by atomic mass is 9.75. The van der Waals surface area contributed by atoms with Gasteiger partial charge in [0.1, 0.15) is 12.3 Å². The van der Waals surface area contributed by atoms with Crippen LogP contribution in [0.1, 0.15) is 25.5 Å². The lowest BCUT2D eigenvalue weighted by molar-refractivity contribution is -0.167. The van der Waals surface area contributed by atoms with Gasteiger partial charge in [-0.25, -0.2) is 0 Å². The minimum absolute atomic E-state index is 0.0246. The number of hydrogen-bond donors (Lipinski definition) is 1. The molecule has 1 aromatic carbocycles. The van der Waals surface area contributed by atoms with Crippen LogP contribution in [0, 0.1) is 11.8 Å². The number of ether oxygens (including phenoxy) is 1. The number of carbonyl (C=O) groups excluding carboxylic acids is 2. The molecule has 1 fully saturated rings. The van der Waals surface area contributed by atoms with Gasteiger partial charge in [-0.2, -0.15) is 0 Å². The molecule has 0 saturated carbocycles. The lowest BCUT2D eigenvalue weighted by Crippen LogP contribution is -2.58. The minimum Gasteiger partial charge on any atom is -0.508 e. The summed E-state index contributed by atoms with van der Waals surface area (Å²) in [4.78, 5) is 25.1. The Bertz CT molecular complexity index is 509. The van der Waals surface area contributed by atoms with Crippen molar-refractivity contribution in [3.8, 4) is 5.75 Å². The molecule has 0 radical (unpaired) electrons. The zero-order valence-corrected chi connectivity index (χ0v) is 11.9. The summed E-state index contributed by atoms with van der Waals surface area (Å²) in [6, 6.07) is 6.61. The van der Waals surface area contributed by atoms with E-state index in [4.69, 9.17) is 0 Å². The van der Waals surface area contributed by atoms with E-state index in [1.165, 1.54) is 12.0 Å². The SMILES string of the molecule is COC(=O)CN1C(=O)C(C(C)C)C1c1ccc(O)cc1. The molecule has 1 aliphatic rings. The number of esters is 1. The topological polar surface area (TPSA) is 66.8 Å². The minimum atomic E-state index is -0.427. The summed E-state index contributed by atoms with van der Waals surface area (Å²) < 4.78 is 4.63. The molecule has 2 unspecified atom stereocenters. The first-order valence-corrected chi connectivity index (χ1v) is 6.62. The van der Waals surface area contributed by atoms with E-state index in [0.29, 0.717) is 0 Å². The van der Waals surface area contributed by atoms with Crippen molar-refractivity contribution in [2.24, 2.45) is 11.8 Å². The van der Waals surface area contributed by atoms with E-state index in [9.17, 15) is 14.7 Å². The highest BCUT2D eigenvalue weighted by Gasteiger charge is 2.49. The van der Waals surface area contributed by atoms with Gasteiger partial charge in [-0.05, 0) is 23.6 Å². The third-order valence-electron chi connectivity index (χ3n) is 3.72. The molecule has 1 amide bonds. The van der Waals surface area contributed by atoms with Crippen molar-refractivity contribution < 1.29 is 19.4 Å². The first-order chi connectivity index (χ1) is 9.45. The van der Waals surface area contributed by atoms with E-state index in [2.05, 4.69) is 4.74 Å². The highest BCUT2D eigenvalue weighted by atomic mass is 16.5. The smallest absolute Gasteiger partial charge is 0.325 e. The van der Waals surface area contributed by atoms with Crippen LogP contribution >= 0.6 is 0 Å². The number of aromatic hydroxyl groups is 1. The third kappa shape index (κ3) is 2.48. The van der Waals surface area contributed by atoms with Crippen molar-refractivity contribution in [2.45, 2.75) is 19.9 Å². The Morgan fingerprint density at radius 3 is 2.45 bits per heavy atom. The second-order valence-corrected chi connectivity index (χ2v) is 5.35. The molecule has 20 heavy (non-hydrogen) atoms. The van der Waals surface area contributed by atoms with E-state index >= 15 is 0 Å². The van der Waals surface area contributed by atoms with E-state index in [0.717, 1.165) is 5.56 Å². The van der Waals surface area contributed by atoms with Crippen LogP contribution in [-0.4, -0.2) is 35.5 Å². The van der Waals surface area contributed by atoms with Crippen LogP contribution in [0.4, 0.5) is 0 Å². The number of β-lactam (4-membered cyclic amide) rings is 1. The molecule has 108 valence electrons. The average Bonchev–Trinajstić information content (AvgIpc) is 2.42.